The number of rotatable bonds is 6. The molecular weight excluding hydrogens is 723 g/mol. The molecule has 5 aromatic carbocycles. The van der Waals surface area contributed by atoms with Crippen LogP contribution in [0.1, 0.15) is 106 Å². The lowest BCUT2D eigenvalue weighted by Crippen LogP contribution is -2.35. The van der Waals surface area contributed by atoms with Crippen LogP contribution in [0.4, 0.5) is 0 Å². The van der Waals surface area contributed by atoms with Gasteiger partial charge < -0.3 is 4.74 Å². The smallest absolute Gasteiger partial charge is 0.273 e. The van der Waals surface area contributed by atoms with Gasteiger partial charge in [-0.05, 0) is 92.6 Å². The Morgan fingerprint density at radius 2 is 1.20 bits per heavy atom. The second-order valence-corrected chi connectivity index (χ2v) is 20.1. The molecule has 0 amide bonds. The van der Waals surface area contributed by atoms with Gasteiger partial charge in [-0.25, -0.2) is 4.98 Å². The topological polar surface area (TPSA) is 48.8 Å². The summed E-state index contributed by atoms with van der Waals surface area (Å²) in [5.41, 5.74) is 9.86. The molecule has 0 bridgehead atoms. The van der Waals surface area contributed by atoms with Gasteiger partial charge in [-0.15, -0.1) is 5.10 Å². The largest absolute Gasteiger partial charge is 0.458 e. The van der Waals surface area contributed by atoms with Crippen molar-refractivity contribution < 1.29 is 9.42 Å². The molecule has 3 heterocycles. The number of pyridine rings is 1. The van der Waals surface area contributed by atoms with Gasteiger partial charge in [0.1, 0.15) is 17.3 Å². The maximum absolute atomic E-state index is 6.74. The van der Waals surface area contributed by atoms with Crippen LogP contribution in [0.25, 0.3) is 50.1 Å². The summed E-state index contributed by atoms with van der Waals surface area (Å²) < 4.78 is 13.0. The average molecular weight is 780 g/mol. The maximum Gasteiger partial charge on any atom is 0.273 e. The highest BCUT2D eigenvalue weighted by atomic mass is 16.5. The third-order valence-electron chi connectivity index (χ3n) is 11.2. The van der Waals surface area contributed by atoms with Gasteiger partial charge in [0.05, 0.1) is 22.4 Å². The molecule has 0 unspecified atom stereocenters. The molecule has 6 nitrogen and oxygen atoms in total. The lowest BCUT2D eigenvalue weighted by atomic mass is 9.80. The number of aromatic nitrogens is 5. The number of hydrogen-bond donors (Lipinski definition) is 0. The van der Waals surface area contributed by atoms with Crippen LogP contribution in [0.3, 0.4) is 0 Å². The Balaban J connectivity index is 1.22. The monoisotopic (exact) mass is 779 g/mol. The minimum atomic E-state index is -0.260. The third kappa shape index (κ3) is 7.93. The highest BCUT2D eigenvalue weighted by Crippen LogP contribution is 2.38. The van der Waals surface area contributed by atoms with E-state index in [1.807, 2.05) is 23.0 Å². The quantitative estimate of drug-likeness (QED) is 0.125. The van der Waals surface area contributed by atoms with E-state index in [0.717, 1.165) is 50.9 Å². The number of hydrogen-bond acceptors (Lipinski definition) is 3. The van der Waals surface area contributed by atoms with E-state index in [2.05, 4.69) is 208 Å². The lowest BCUT2D eigenvalue weighted by Gasteiger charge is -2.26. The molecular formula is C53H57N5O. The number of ether oxygens (including phenoxy) is 1. The normalized spacial score (nSPS) is 12.7. The van der Waals surface area contributed by atoms with Crippen molar-refractivity contribution in [1.29, 1.82) is 0 Å². The van der Waals surface area contributed by atoms with E-state index in [9.17, 15) is 0 Å². The van der Waals surface area contributed by atoms with E-state index in [-0.39, 0.29) is 21.7 Å². The molecule has 0 N–H and O–H groups in total. The van der Waals surface area contributed by atoms with Crippen molar-refractivity contribution in [2.24, 2.45) is 0 Å². The van der Waals surface area contributed by atoms with Crippen LogP contribution in [0.2, 0.25) is 0 Å². The first kappa shape index (κ1) is 39.8. The molecule has 8 rings (SSSR count). The predicted molar refractivity (Wildman–Crippen MR) is 243 cm³/mol. The summed E-state index contributed by atoms with van der Waals surface area (Å²) >= 11 is 0. The molecule has 0 atom stereocenters. The molecule has 8 aromatic rings. The summed E-state index contributed by atoms with van der Waals surface area (Å²) in [6.07, 6.45) is 5.54. The predicted octanol–water partition coefficient (Wildman–Crippen LogP) is 13.1. The maximum atomic E-state index is 6.74. The van der Waals surface area contributed by atoms with Gasteiger partial charge in [0.25, 0.3) is 6.33 Å². The van der Waals surface area contributed by atoms with Gasteiger partial charge in [-0.3, -0.25) is 9.13 Å². The van der Waals surface area contributed by atoms with E-state index < -0.39 is 0 Å². The summed E-state index contributed by atoms with van der Waals surface area (Å²) in [6, 6.07) is 43.0. The minimum absolute atomic E-state index is 0.0207. The van der Waals surface area contributed by atoms with Crippen molar-refractivity contribution in [2.45, 2.75) is 105 Å². The summed E-state index contributed by atoms with van der Waals surface area (Å²) in [4.78, 5) is 4.93. The Hall–Kier alpha value is -6.01. The summed E-state index contributed by atoms with van der Waals surface area (Å²) in [5.74, 6) is 3.25. The van der Waals surface area contributed by atoms with Crippen molar-refractivity contribution in [3.8, 4) is 39.8 Å². The zero-order valence-electron chi connectivity index (χ0n) is 36.8. The lowest BCUT2D eigenvalue weighted by molar-refractivity contribution is -0.662. The highest BCUT2D eigenvalue weighted by molar-refractivity contribution is 6.10. The van der Waals surface area contributed by atoms with Crippen LogP contribution < -0.4 is 9.42 Å². The fourth-order valence-corrected chi connectivity index (χ4v) is 7.63. The second kappa shape index (κ2) is 14.4. The Kier molecular flexibility index (Phi) is 9.69. The summed E-state index contributed by atoms with van der Waals surface area (Å²) in [5, 5.41) is 7.51. The van der Waals surface area contributed by atoms with E-state index in [1.54, 1.807) is 0 Å². The van der Waals surface area contributed by atoms with E-state index in [4.69, 9.17) is 14.8 Å². The fourth-order valence-electron chi connectivity index (χ4n) is 7.63. The van der Waals surface area contributed by atoms with Crippen LogP contribution in [0.15, 0.2) is 128 Å². The molecule has 0 aliphatic carbocycles. The zero-order valence-corrected chi connectivity index (χ0v) is 36.8. The van der Waals surface area contributed by atoms with Gasteiger partial charge in [-0.2, -0.15) is 4.68 Å². The van der Waals surface area contributed by atoms with E-state index in [0.29, 0.717) is 0 Å². The van der Waals surface area contributed by atoms with Gasteiger partial charge in [0, 0.05) is 28.5 Å². The molecule has 0 saturated carbocycles. The van der Waals surface area contributed by atoms with Gasteiger partial charge >= 0.3 is 0 Å². The van der Waals surface area contributed by atoms with Gasteiger partial charge in [0.2, 0.25) is 0 Å². The van der Waals surface area contributed by atoms with Crippen molar-refractivity contribution >= 4 is 21.8 Å². The Labute approximate surface area is 350 Å². The molecule has 300 valence electrons. The number of fused-ring (bicyclic) bond motifs is 3. The van der Waals surface area contributed by atoms with Crippen LogP contribution in [0, 0.1) is 6.33 Å². The molecule has 6 heteroatoms. The minimum Gasteiger partial charge on any atom is -0.458 e. The molecule has 0 aliphatic heterocycles. The molecule has 0 aliphatic rings. The fraction of sp³-hybridized carbons (Fsp3) is 0.302. The molecule has 59 heavy (non-hydrogen) atoms. The van der Waals surface area contributed by atoms with Crippen LogP contribution in [0.5, 0.6) is 11.5 Å². The average Bonchev–Trinajstić information content (AvgIpc) is 3.78. The zero-order chi connectivity index (χ0) is 42.1. The first-order valence-corrected chi connectivity index (χ1v) is 20.7. The third-order valence-corrected chi connectivity index (χ3v) is 11.2. The Morgan fingerprint density at radius 1 is 0.525 bits per heavy atom. The Morgan fingerprint density at radius 3 is 1.86 bits per heavy atom. The van der Waals surface area contributed by atoms with E-state index >= 15 is 0 Å². The number of benzene rings is 5. The van der Waals surface area contributed by atoms with Crippen molar-refractivity contribution in [2.75, 3.05) is 0 Å². The van der Waals surface area contributed by atoms with Gasteiger partial charge in [-0.1, -0.05) is 150 Å². The van der Waals surface area contributed by atoms with Crippen molar-refractivity contribution in [1.82, 2.24) is 19.2 Å². The summed E-state index contributed by atoms with van der Waals surface area (Å²) in [6.45, 7) is 26.9. The van der Waals surface area contributed by atoms with Gasteiger partial charge in [0.15, 0.2) is 5.82 Å². The molecule has 0 fully saturated rings. The van der Waals surface area contributed by atoms with Crippen LogP contribution in [-0.4, -0.2) is 19.2 Å². The first-order valence-electron chi connectivity index (χ1n) is 20.7. The highest BCUT2D eigenvalue weighted by Gasteiger charge is 2.27. The second-order valence-electron chi connectivity index (χ2n) is 20.1. The van der Waals surface area contributed by atoms with Crippen molar-refractivity contribution in [3.05, 3.63) is 156 Å². The van der Waals surface area contributed by atoms with E-state index in [1.165, 1.54) is 33.2 Å². The van der Waals surface area contributed by atoms with Crippen molar-refractivity contribution in [3.63, 3.8) is 0 Å². The van der Waals surface area contributed by atoms with Crippen LogP contribution >= 0.6 is 0 Å². The molecule has 0 radical (unpaired) electrons. The molecule has 3 aromatic heterocycles. The van der Waals surface area contributed by atoms with Crippen LogP contribution in [-0.2, 0) is 21.7 Å². The SMILES string of the molecule is CC(C)(C)c1cc(-[n+]2[c-]n(-c3cccc(Oc4ccc5c6cc(-c7ccccc7)ccc6n(-c6cc(C(C)(C)C)ccn6)c5c4)c3)c(C(C)(C)C)n2)cc(C(C)(C)C)c1. The Bertz CT molecular complexity index is 2800. The standard InChI is InChI=1S/C53H57N5O/c1-50(2,3)37-25-26-54-48(31-37)58-46-24-21-36(35-17-14-13-15-18-35)27-45(46)44-23-22-43(33-47(44)58)59-42-20-16-19-40(32-42)56-34-57(55-49(56)53(10,11)12)41-29-38(51(4,5)6)28-39(30-41)52(7,8)9/h13-33H,1-12H3. The first-order chi connectivity index (χ1) is 27.7. The number of nitrogens with zero attached hydrogens (tertiary/aromatic N) is 5. The summed E-state index contributed by atoms with van der Waals surface area (Å²) in [7, 11) is 0. The molecule has 0 spiro atoms. The molecule has 0 saturated heterocycles.